The molecule has 0 aromatic heterocycles. The van der Waals surface area contributed by atoms with Crippen molar-refractivity contribution in [3.05, 3.63) is 58.6 Å². The Kier molecular flexibility index (Phi) is 11.0. The van der Waals surface area contributed by atoms with E-state index >= 15 is 0 Å². The normalized spacial score (nSPS) is 33.8. The Morgan fingerprint density at radius 2 is 1.79 bits per heavy atom. The van der Waals surface area contributed by atoms with Crippen LogP contribution in [0.5, 0.6) is 0 Å². The second kappa shape index (κ2) is 15.2. The molecule has 6 rings (SSSR count). The molecular weight excluding hydrogens is 682 g/mol. The summed E-state index contributed by atoms with van der Waals surface area (Å²) in [5.74, 6) is -3.41. The average Bonchev–Trinajstić information content (AvgIpc) is 3.68. The Morgan fingerprint density at radius 3 is 2.52 bits per heavy atom. The minimum absolute atomic E-state index is 0.000607. The number of nitrogens with zero attached hydrogens (tertiary/aromatic N) is 2. The zero-order chi connectivity index (χ0) is 33.8. The van der Waals surface area contributed by atoms with Crippen molar-refractivity contribution in [2.45, 2.75) is 93.7 Å². The lowest BCUT2D eigenvalue weighted by atomic mass is 9.74. The standard InChI is InChI=1S/C36H46BrN3O8/c1-46-22-26-30(23-13-5-2-6-14-23)47-35(45)28-29-33(43)40(19-11-12-20-41)32(36(29)21-25(37)31(28)48-36)34(44)39(24-15-7-3-8-16-24)18-10-4-9-17-27(42)38-26/h2,4-6,10,13-14,21,24,26,28-32,41H,3,7-9,11-12,15-20,22H2,1H3,(H,38,42)/b10-4-/t26-,28+,29-,30-,31+,32+,36-/m1/s1. The van der Waals surface area contributed by atoms with Gasteiger partial charge in [0.25, 0.3) is 0 Å². The highest BCUT2D eigenvalue weighted by Crippen LogP contribution is 2.59. The third-order valence-corrected chi connectivity index (χ3v) is 11.2. The van der Waals surface area contributed by atoms with Gasteiger partial charge < -0.3 is 34.4 Å². The molecule has 0 unspecified atom stereocenters. The lowest BCUT2D eigenvalue weighted by Crippen LogP contribution is -2.58. The number of carbonyl (C=O) groups is 4. The minimum atomic E-state index is -1.37. The van der Waals surface area contributed by atoms with Gasteiger partial charge in [-0.3, -0.25) is 19.2 Å². The number of methoxy groups -OCH3 is 1. The molecule has 2 N–H and O–H groups in total. The van der Waals surface area contributed by atoms with E-state index < -0.39 is 47.7 Å². The summed E-state index contributed by atoms with van der Waals surface area (Å²) in [7, 11) is 1.52. The van der Waals surface area contributed by atoms with Crippen molar-refractivity contribution in [1.29, 1.82) is 0 Å². The summed E-state index contributed by atoms with van der Waals surface area (Å²) < 4.78 is 19.1. The van der Waals surface area contributed by atoms with Gasteiger partial charge in [-0.15, -0.1) is 0 Å². The van der Waals surface area contributed by atoms with Gasteiger partial charge >= 0.3 is 5.97 Å². The van der Waals surface area contributed by atoms with Crippen LogP contribution in [-0.4, -0.2) is 102 Å². The van der Waals surface area contributed by atoms with Crippen LogP contribution in [0.3, 0.4) is 0 Å². The molecule has 1 aliphatic carbocycles. The van der Waals surface area contributed by atoms with Crippen molar-refractivity contribution in [1.82, 2.24) is 15.1 Å². The van der Waals surface area contributed by atoms with Gasteiger partial charge in [-0.05, 0) is 43.7 Å². The molecule has 1 aromatic carbocycles. The molecule has 260 valence electrons. The van der Waals surface area contributed by atoms with Crippen molar-refractivity contribution in [3.8, 4) is 0 Å². The number of halogens is 1. The summed E-state index contributed by atoms with van der Waals surface area (Å²) in [6.45, 7) is 0.634. The molecule has 1 saturated carbocycles. The number of carbonyl (C=O) groups excluding carboxylic acids is 4. The zero-order valence-electron chi connectivity index (χ0n) is 27.4. The number of aliphatic hydroxyl groups is 1. The molecule has 11 nitrogen and oxygen atoms in total. The van der Waals surface area contributed by atoms with Gasteiger partial charge in [-0.25, -0.2) is 0 Å². The van der Waals surface area contributed by atoms with E-state index in [0.29, 0.717) is 35.9 Å². The molecule has 4 aliphatic heterocycles. The average molecular weight is 729 g/mol. The van der Waals surface area contributed by atoms with Crippen LogP contribution in [0.15, 0.2) is 53.0 Å². The summed E-state index contributed by atoms with van der Waals surface area (Å²) in [5.41, 5.74) is -0.702. The number of rotatable bonds is 8. The van der Waals surface area contributed by atoms with Crippen LogP contribution in [0.25, 0.3) is 0 Å². The predicted octanol–water partition coefficient (Wildman–Crippen LogP) is 3.56. The third-order valence-electron chi connectivity index (χ3n) is 10.5. The lowest BCUT2D eigenvalue weighted by molar-refractivity contribution is -0.162. The number of hydrogen-bond donors (Lipinski definition) is 2. The van der Waals surface area contributed by atoms with Crippen molar-refractivity contribution in [3.63, 3.8) is 0 Å². The molecule has 5 bridgehead atoms. The first kappa shape index (κ1) is 34.8. The Hall–Kier alpha value is -3.06. The maximum Gasteiger partial charge on any atom is 0.313 e. The Morgan fingerprint density at radius 1 is 1.02 bits per heavy atom. The molecule has 1 spiro atoms. The van der Waals surface area contributed by atoms with Crippen LogP contribution < -0.4 is 5.32 Å². The SMILES string of the molecule is COC[C@H]1NC(=O)CC/C=C\CN(C2CCCCC2)C(=O)[C@@H]2N(CCCCO)C(=O)[C@H]3[C@H](C(=O)O[C@@H]1c1ccccc1)[C@H]1O[C@@]23C=C1Br. The molecular formula is C36H46BrN3O8. The fourth-order valence-electron chi connectivity index (χ4n) is 8.28. The Labute approximate surface area is 290 Å². The highest BCUT2D eigenvalue weighted by Gasteiger charge is 2.75. The summed E-state index contributed by atoms with van der Waals surface area (Å²) in [6, 6.07) is 7.48. The van der Waals surface area contributed by atoms with Crippen molar-refractivity contribution in [2.24, 2.45) is 11.8 Å². The molecule has 48 heavy (non-hydrogen) atoms. The smallest absolute Gasteiger partial charge is 0.313 e. The largest absolute Gasteiger partial charge is 0.455 e. The first-order valence-corrected chi connectivity index (χ1v) is 18.1. The molecule has 1 aromatic rings. The van der Waals surface area contributed by atoms with Gasteiger partial charge in [0, 0.05) is 43.8 Å². The predicted molar refractivity (Wildman–Crippen MR) is 179 cm³/mol. The van der Waals surface area contributed by atoms with Crippen molar-refractivity contribution in [2.75, 3.05) is 33.4 Å². The number of fused-ring (bicyclic) bond motifs is 2. The number of allylic oxidation sites excluding steroid dienone is 1. The van der Waals surface area contributed by atoms with E-state index in [0.717, 1.165) is 32.1 Å². The van der Waals surface area contributed by atoms with Crippen LogP contribution in [0, 0.1) is 11.8 Å². The van der Waals surface area contributed by atoms with Gasteiger partial charge in [0.05, 0.1) is 18.6 Å². The van der Waals surface area contributed by atoms with E-state index in [4.69, 9.17) is 14.2 Å². The molecule has 12 heteroatoms. The fraction of sp³-hybridized carbons (Fsp3) is 0.611. The molecule has 0 radical (unpaired) electrons. The maximum atomic E-state index is 14.9. The van der Waals surface area contributed by atoms with Crippen LogP contribution in [0.2, 0.25) is 0 Å². The lowest BCUT2D eigenvalue weighted by Gasteiger charge is -2.40. The second-order valence-electron chi connectivity index (χ2n) is 13.5. The van der Waals surface area contributed by atoms with E-state index in [1.807, 2.05) is 53.5 Å². The number of ether oxygens (including phenoxy) is 3. The number of amides is 3. The maximum absolute atomic E-state index is 14.9. The van der Waals surface area contributed by atoms with Crippen molar-refractivity contribution >= 4 is 39.6 Å². The zero-order valence-corrected chi connectivity index (χ0v) is 29.0. The second-order valence-corrected chi connectivity index (χ2v) is 14.4. The van der Waals surface area contributed by atoms with Crippen LogP contribution in [-0.2, 0) is 33.4 Å². The minimum Gasteiger partial charge on any atom is -0.455 e. The monoisotopic (exact) mass is 727 g/mol. The van der Waals surface area contributed by atoms with E-state index in [1.165, 1.54) is 7.11 Å². The highest BCUT2D eigenvalue weighted by molar-refractivity contribution is 9.11. The topological polar surface area (TPSA) is 135 Å². The number of aliphatic hydroxyl groups excluding tert-OH is 1. The number of hydrogen-bond acceptors (Lipinski definition) is 8. The van der Waals surface area contributed by atoms with E-state index in [2.05, 4.69) is 21.2 Å². The van der Waals surface area contributed by atoms with E-state index in [1.54, 1.807) is 4.90 Å². The number of benzene rings is 1. The molecule has 2 saturated heterocycles. The number of cyclic esters (lactones) is 1. The van der Waals surface area contributed by atoms with Gasteiger partial charge in [-0.2, -0.15) is 0 Å². The Balaban J connectivity index is 1.44. The molecule has 3 amide bonds. The highest BCUT2D eigenvalue weighted by atomic mass is 79.9. The first-order chi connectivity index (χ1) is 23.3. The van der Waals surface area contributed by atoms with E-state index in [-0.39, 0.29) is 49.9 Å². The third kappa shape index (κ3) is 6.60. The molecule has 5 aliphatic rings. The fourth-order valence-corrected chi connectivity index (χ4v) is 9.02. The quantitative estimate of drug-likeness (QED) is 0.236. The van der Waals surface area contributed by atoms with Crippen LogP contribution in [0.4, 0.5) is 0 Å². The molecule has 4 heterocycles. The molecule has 7 atom stereocenters. The summed E-state index contributed by atoms with van der Waals surface area (Å²) >= 11 is 3.63. The van der Waals surface area contributed by atoms with Gasteiger partial charge in [0.2, 0.25) is 17.7 Å². The molecule has 3 fully saturated rings. The number of likely N-dealkylation sites (tertiary alicyclic amines) is 1. The van der Waals surface area contributed by atoms with Gasteiger partial charge in [-0.1, -0.05) is 77.7 Å². The van der Waals surface area contributed by atoms with Crippen LogP contribution in [0.1, 0.15) is 69.5 Å². The summed E-state index contributed by atoms with van der Waals surface area (Å²) in [4.78, 5) is 60.6. The van der Waals surface area contributed by atoms with E-state index in [9.17, 15) is 24.3 Å². The van der Waals surface area contributed by atoms with Crippen molar-refractivity contribution < 1.29 is 38.5 Å². The van der Waals surface area contributed by atoms with Gasteiger partial charge in [0.15, 0.2) is 0 Å². The number of unbranched alkanes of at least 4 members (excludes halogenated alkanes) is 1. The Bertz CT molecular complexity index is 1410. The van der Waals surface area contributed by atoms with Gasteiger partial charge in [0.1, 0.15) is 29.8 Å². The summed E-state index contributed by atoms with van der Waals surface area (Å²) in [5, 5.41) is 12.6. The summed E-state index contributed by atoms with van der Waals surface area (Å²) in [6.07, 6.45) is 10.5. The number of esters is 1. The number of nitrogens with one attached hydrogen (secondary N) is 1. The van der Waals surface area contributed by atoms with Crippen LogP contribution >= 0.6 is 15.9 Å². The first-order valence-electron chi connectivity index (χ1n) is 17.3.